The molecule has 5 aromatic rings. The highest BCUT2D eigenvalue weighted by atomic mass is 16.5. The number of hydrogen-bond acceptors (Lipinski definition) is 1. The molecule has 0 radical (unpaired) electrons. The van der Waals surface area contributed by atoms with Crippen molar-refractivity contribution in [2.75, 3.05) is 7.11 Å². The molecule has 5 rings (SSSR count). The van der Waals surface area contributed by atoms with Gasteiger partial charge in [-0.3, -0.25) is 0 Å². The van der Waals surface area contributed by atoms with Gasteiger partial charge in [-0.25, -0.2) is 0 Å². The molecule has 0 fully saturated rings. The summed E-state index contributed by atoms with van der Waals surface area (Å²) >= 11 is 0. The molecule has 0 spiro atoms. The van der Waals surface area contributed by atoms with Crippen LogP contribution in [0.1, 0.15) is 0 Å². The van der Waals surface area contributed by atoms with E-state index in [2.05, 4.69) is 95.8 Å². The highest BCUT2D eigenvalue weighted by Gasteiger charge is 2.12. The fourth-order valence-corrected chi connectivity index (χ4v) is 3.84. The summed E-state index contributed by atoms with van der Waals surface area (Å²) in [6.07, 6.45) is 4.24. The summed E-state index contributed by atoms with van der Waals surface area (Å²) in [4.78, 5) is 0. The van der Waals surface area contributed by atoms with E-state index >= 15 is 0 Å². The second-order valence-corrected chi connectivity index (χ2v) is 6.89. The highest BCUT2D eigenvalue weighted by molar-refractivity contribution is 6.12. The monoisotopic (exact) mass is 362 g/mol. The van der Waals surface area contributed by atoms with Gasteiger partial charge in [-0.1, -0.05) is 48.5 Å². The second kappa shape index (κ2) is 6.82. The first kappa shape index (κ1) is 16.5. The van der Waals surface area contributed by atoms with Gasteiger partial charge in [0.1, 0.15) is 5.75 Å². The van der Waals surface area contributed by atoms with E-state index in [1.165, 1.54) is 32.7 Å². The van der Waals surface area contributed by atoms with Crippen LogP contribution in [0.4, 0.5) is 0 Å². The Kier molecular flexibility index (Phi) is 4.02. The summed E-state index contributed by atoms with van der Waals surface area (Å²) in [5, 5.41) is 5.10. The van der Waals surface area contributed by atoms with Crippen molar-refractivity contribution in [3.05, 3.63) is 103 Å². The van der Waals surface area contributed by atoms with Crippen molar-refractivity contribution in [1.82, 2.24) is 0 Å². The molecular weight excluding hydrogens is 342 g/mol. The van der Waals surface area contributed by atoms with Crippen molar-refractivity contribution < 1.29 is 9.30 Å². The molecule has 1 aromatic heterocycles. The number of hydrogen-bond donors (Lipinski definition) is 0. The number of ether oxygens (including phenoxy) is 1. The smallest absolute Gasteiger partial charge is 0.210 e. The Labute approximate surface area is 164 Å². The van der Waals surface area contributed by atoms with Crippen LogP contribution in [0.5, 0.6) is 5.75 Å². The van der Waals surface area contributed by atoms with Crippen molar-refractivity contribution >= 4 is 21.5 Å². The van der Waals surface area contributed by atoms with Gasteiger partial charge in [0.15, 0.2) is 12.4 Å². The van der Waals surface area contributed by atoms with E-state index in [-0.39, 0.29) is 0 Å². The van der Waals surface area contributed by atoms with Gasteiger partial charge in [0.25, 0.3) is 0 Å². The van der Waals surface area contributed by atoms with Crippen LogP contribution in [0.2, 0.25) is 0 Å². The van der Waals surface area contributed by atoms with Crippen LogP contribution in [0.15, 0.2) is 103 Å². The lowest BCUT2D eigenvalue weighted by Gasteiger charge is -2.11. The van der Waals surface area contributed by atoms with Gasteiger partial charge in [-0.15, -0.1) is 0 Å². The molecule has 28 heavy (non-hydrogen) atoms. The van der Waals surface area contributed by atoms with E-state index in [4.69, 9.17) is 4.74 Å². The number of methoxy groups -OCH3 is 1. The maximum atomic E-state index is 5.25. The van der Waals surface area contributed by atoms with Gasteiger partial charge >= 0.3 is 0 Å². The third-order valence-corrected chi connectivity index (χ3v) is 5.26. The normalized spacial score (nSPS) is 11.0. The molecule has 0 aliphatic heterocycles. The van der Waals surface area contributed by atoms with Gasteiger partial charge in [0, 0.05) is 24.3 Å². The minimum atomic E-state index is 0.864. The van der Waals surface area contributed by atoms with Crippen LogP contribution in [0.3, 0.4) is 0 Å². The summed E-state index contributed by atoms with van der Waals surface area (Å²) < 4.78 is 7.38. The van der Waals surface area contributed by atoms with Crippen LogP contribution >= 0.6 is 0 Å². The van der Waals surface area contributed by atoms with Crippen LogP contribution in [0, 0.1) is 0 Å². The molecule has 4 aromatic carbocycles. The Morgan fingerprint density at radius 2 is 1.21 bits per heavy atom. The highest BCUT2D eigenvalue weighted by Crippen LogP contribution is 2.35. The standard InChI is InChI=1S/C26H20NO/c1-28-23-12-10-22(11-13-23)27-16-14-19(15-17-27)26-24-8-4-2-6-20(24)18-21-7-3-5-9-25(21)26/h2-18H,1H3/q+1. The van der Waals surface area contributed by atoms with E-state index in [9.17, 15) is 0 Å². The molecule has 0 bridgehead atoms. The minimum Gasteiger partial charge on any atom is -0.497 e. The van der Waals surface area contributed by atoms with Crippen LogP contribution in [0.25, 0.3) is 38.4 Å². The van der Waals surface area contributed by atoms with Crippen molar-refractivity contribution in [3.8, 4) is 22.6 Å². The second-order valence-electron chi connectivity index (χ2n) is 6.89. The zero-order valence-corrected chi connectivity index (χ0v) is 15.7. The number of rotatable bonds is 3. The first-order valence-corrected chi connectivity index (χ1v) is 9.40. The molecule has 2 heteroatoms. The first-order chi connectivity index (χ1) is 13.8. The molecule has 0 aliphatic carbocycles. The van der Waals surface area contributed by atoms with E-state index < -0.39 is 0 Å². The van der Waals surface area contributed by atoms with Crippen LogP contribution in [-0.4, -0.2) is 7.11 Å². The molecule has 0 saturated heterocycles. The number of fused-ring (bicyclic) bond motifs is 2. The van der Waals surface area contributed by atoms with Crippen molar-refractivity contribution in [1.29, 1.82) is 0 Å². The van der Waals surface area contributed by atoms with Gasteiger partial charge in [-0.05, 0) is 50.9 Å². The van der Waals surface area contributed by atoms with E-state index in [0.29, 0.717) is 0 Å². The first-order valence-electron chi connectivity index (χ1n) is 9.40. The minimum absolute atomic E-state index is 0.864. The summed E-state index contributed by atoms with van der Waals surface area (Å²) in [7, 11) is 1.69. The Morgan fingerprint density at radius 3 is 1.79 bits per heavy atom. The molecule has 0 saturated carbocycles. The maximum Gasteiger partial charge on any atom is 0.210 e. The van der Waals surface area contributed by atoms with E-state index in [1.807, 2.05) is 12.1 Å². The summed E-state index contributed by atoms with van der Waals surface area (Å²) in [5.41, 5.74) is 3.61. The largest absolute Gasteiger partial charge is 0.497 e. The molecule has 0 amide bonds. The zero-order chi connectivity index (χ0) is 18.9. The van der Waals surface area contributed by atoms with Crippen molar-refractivity contribution in [2.24, 2.45) is 0 Å². The fourth-order valence-electron chi connectivity index (χ4n) is 3.84. The number of aromatic nitrogens is 1. The molecule has 134 valence electrons. The molecule has 0 N–H and O–H groups in total. The van der Waals surface area contributed by atoms with Gasteiger partial charge in [0.2, 0.25) is 5.69 Å². The van der Waals surface area contributed by atoms with Crippen molar-refractivity contribution in [3.63, 3.8) is 0 Å². The van der Waals surface area contributed by atoms with Gasteiger partial charge < -0.3 is 4.74 Å². The molecule has 0 unspecified atom stereocenters. The number of pyridine rings is 1. The fraction of sp³-hybridized carbons (Fsp3) is 0.0385. The quantitative estimate of drug-likeness (QED) is 0.286. The van der Waals surface area contributed by atoms with E-state index in [1.54, 1.807) is 7.11 Å². The van der Waals surface area contributed by atoms with Crippen LogP contribution in [-0.2, 0) is 0 Å². The van der Waals surface area contributed by atoms with Crippen molar-refractivity contribution in [2.45, 2.75) is 0 Å². The predicted molar refractivity (Wildman–Crippen MR) is 115 cm³/mol. The summed E-state index contributed by atoms with van der Waals surface area (Å²) in [6.45, 7) is 0. The zero-order valence-electron chi connectivity index (χ0n) is 15.7. The molecule has 1 heterocycles. The molecule has 2 nitrogen and oxygen atoms in total. The summed E-state index contributed by atoms with van der Waals surface area (Å²) in [6, 6.07) is 32.0. The molecule has 0 atom stereocenters. The molecular formula is C26H20NO+. The van der Waals surface area contributed by atoms with Gasteiger partial charge in [-0.2, -0.15) is 4.57 Å². The lowest BCUT2D eigenvalue weighted by Crippen LogP contribution is -2.28. The Hall–Kier alpha value is -3.65. The Bertz CT molecular complexity index is 1220. The molecule has 0 aliphatic rings. The van der Waals surface area contributed by atoms with Gasteiger partial charge in [0.05, 0.1) is 7.11 Å². The number of benzene rings is 4. The topological polar surface area (TPSA) is 13.1 Å². The van der Waals surface area contributed by atoms with Crippen LogP contribution < -0.4 is 9.30 Å². The van der Waals surface area contributed by atoms with E-state index in [0.717, 1.165) is 11.4 Å². The predicted octanol–water partition coefficient (Wildman–Crippen LogP) is 5.95. The lowest BCUT2D eigenvalue weighted by atomic mass is 9.92. The lowest BCUT2D eigenvalue weighted by molar-refractivity contribution is -0.595. The Morgan fingerprint density at radius 1 is 0.643 bits per heavy atom. The third kappa shape index (κ3) is 2.80. The maximum absolute atomic E-state index is 5.25. The Balaban J connectivity index is 1.67. The number of nitrogens with zero attached hydrogens (tertiary/aromatic N) is 1. The average Bonchev–Trinajstić information content (AvgIpc) is 2.77. The summed E-state index contributed by atoms with van der Waals surface area (Å²) in [5.74, 6) is 0.864. The average molecular weight is 362 g/mol. The third-order valence-electron chi connectivity index (χ3n) is 5.26. The SMILES string of the molecule is COc1ccc(-[n+]2ccc(-c3c4ccccc4cc4ccccc34)cc2)cc1.